The zero-order chi connectivity index (χ0) is 18.8. The summed E-state index contributed by atoms with van der Waals surface area (Å²) < 4.78 is 19.1. The largest absolute Gasteiger partial charge is 0.455 e. The number of hydrogen-bond donors (Lipinski definition) is 1. The van der Waals surface area contributed by atoms with E-state index in [1.165, 1.54) is 0 Å². The molecule has 1 aromatic carbocycles. The molecule has 136 valence electrons. The summed E-state index contributed by atoms with van der Waals surface area (Å²) in [5.74, 6) is -0.714. The molecule has 0 aliphatic heterocycles. The summed E-state index contributed by atoms with van der Waals surface area (Å²) in [5.41, 5.74) is 6.94. The van der Waals surface area contributed by atoms with E-state index >= 15 is 0 Å². The first-order chi connectivity index (χ1) is 11.8. The van der Waals surface area contributed by atoms with Gasteiger partial charge in [-0.15, -0.1) is 0 Å². The van der Waals surface area contributed by atoms with E-state index in [2.05, 4.69) is 9.98 Å². The van der Waals surface area contributed by atoms with E-state index < -0.39 is 17.9 Å². The second-order valence-electron chi connectivity index (χ2n) is 5.94. The van der Waals surface area contributed by atoms with Gasteiger partial charge in [-0.05, 0) is 24.5 Å². The first-order valence-electron chi connectivity index (χ1n) is 8.17. The van der Waals surface area contributed by atoms with Crippen LogP contribution in [0.5, 0.6) is 0 Å². The van der Waals surface area contributed by atoms with Crippen LogP contribution in [0.2, 0.25) is 0 Å². The molecule has 25 heavy (non-hydrogen) atoms. The molecule has 0 spiro atoms. The Morgan fingerprint density at radius 2 is 1.96 bits per heavy atom. The number of nitrogens with zero attached hydrogens (tertiary/aromatic N) is 2. The van der Waals surface area contributed by atoms with E-state index in [9.17, 15) is 9.18 Å². The average molecular weight is 347 g/mol. The minimum Gasteiger partial charge on any atom is -0.455 e. The number of rotatable bonds is 8. The third-order valence-electron chi connectivity index (χ3n) is 3.41. The fraction of sp³-hybridized carbons (Fsp3) is 0.421. The Balaban J connectivity index is 2.79. The minimum atomic E-state index is -0.518. The van der Waals surface area contributed by atoms with Crippen molar-refractivity contribution < 1.29 is 13.9 Å². The van der Waals surface area contributed by atoms with Crippen LogP contribution in [0, 0.1) is 5.92 Å². The molecule has 0 fully saturated rings. The lowest BCUT2D eigenvalue weighted by Gasteiger charge is -2.23. The van der Waals surface area contributed by atoms with Crippen molar-refractivity contribution in [2.75, 3.05) is 13.6 Å². The Bertz CT molecular complexity index is 648. The molecule has 0 bridgehead atoms. The van der Waals surface area contributed by atoms with E-state index in [-0.39, 0.29) is 24.7 Å². The van der Waals surface area contributed by atoms with Gasteiger partial charge in [-0.3, -0.25) is 14.8 Å². The van der Waals surface area contributed by atoms with Gasteiger partial charge >= 0.3 is 5.97 Å². The maximum Gasteiger partial charge on any atom is 0.310 e. The Morgan fingerprint density at radius 1 is 1.32 bits per heavy atom. The van der Waals surface area contributed by atoms with Crippen molar-refractivity contribution in [2.24, 2.45) is 21.6 Å². The first-order valence-corrected chi connectivity index (χ1v) is 8.17. The van der Waals surface area contributed by atoms with Crippen LogP contribution in [0.25, 0.3) is 0 Å². The molecular weight excluding hydrogens is 321 g/mol. The predicted octanol–water partition coefficient (Wildman–Crippen LogP) is 3.29. The van der Waals surface area contributed by atoms with Crippen LogP contribution in [-0.4, -0.2) is 37.2 Å². The zero-order valence-electron chi connectivity index (χ0n) is 15.2. The molecule has 0 radical (unpaired) electrons. The molecule has 0 saturated carbocycles. The van der Waals surface area contributed by atoms with Gasteiger partial charge in [0.05, 0.1) is 24.5 Å². The Hall–Kier alpha value is -2.50. The standard InChI is InChI=1S/C19H26FN3O2/c1-13(2)19(18(22-4)15-8-6-5-7-9-15)25-17(24)11-10-16(20)12-23-14(3)21/h5-10,13,19H,11-12H2,1-4H3,(H2,21,23)/b16-10+,22-18?. The Morgan fingerprint density at radius 3 is 2.48 bits per heavy atom. The van der Waals surface area contributed by atoms with E-state index in [0.717, 1.165) is 11.6 Å². The molecular formula is C19H26FN3O2. The number of ether oxygens (including phenoxy) is 1. The SMILES string of the molecule is CN=C(c1ccccc1)C(OC(=O)C/C=C(/F)CN=C(C)N)C(C)C. The fourth-order valence-corrected chi connectivity index (χ4v) is 2.19. The fourth-order valence-electron chi connectivity index (χ4n) is 2.19. The summed E-state index contributed by atoms with van der Waals surface area (Å²) in [6, 6.07) is 9.54. The van der Waals surface area contributed by atoms with Crippen molar-refractivity contribution in [3.05, 3.63) is 47.8 Å². The summed E-state index contributed by atoms with van der Waals surface area (Å²) in [4.78, 5) is 20.2. The van der Waals surface area contributed by atoms with Crippen LogP contribution < -0.4 is 5.73 Å². The lowest BCUT2D eigenvalue weighted by atomic mass is 9.96. The summed E-state index contributed by atoms with van der Waals surface area (Å²) in [6.45, 7) is 5.29. The number of carbonyl (C=O) groups is 1. The van der Waals surface area contributed by atoms with Crippen LogP contribution in [0.15, 0.2) is 52.2 Å². The van der Waals surface area contributed by atoms with Crippen LogP contribution in [0.3, 0.4) is 0 Å². The second-order valence-corrected chi connectivity index (χ2v) is 5.94. The van der Waals surface area contributed by atoms with Crippen LogP contribution in [0.4, 0.5) is 4.39 Å². The smallest absolute Gasteiger partial charge is 0.310 e. The molecule has 0 aliphatic rings. The molecule has 6 heteroatoms. The van der Waals surface area contributed by atoms with E-state index in [4.69, 9.17) is 10.5 Å². The highest BCUT2D eigenvalue weighted by Crippen LogP contribution is 2.16. The molecule has 0 aliphatic carbocycles. The lowest BCUT2D eigenvalue weighted by Crippen LogP contribution is -2.32. The van der Waals surface area contributed by atoms with Gasteiger partial charge in [0.15, 0.2) is 0 Å². The van der Waals surface area contributed by atoms with E-state index in [1.807, 2.05) is 44.2 Å². The molecule has 0 heterocycles. The lowest BCUT2D eigenvalue weighted by molar-refractivity contribution is -0.146. The molecule has 1 rings (SSSR count). The zero-order valence-corrected chi connectivity index (χ0v) is 15.2. The monoisotopic (exact) mass is 347 g/mol. The molecule has 0 saturated heterocycles. The van der Waals surface area contributed by atoms with Crippen molar-refractivity contribution in [1.29, 1.82) is 0 Å². The molecule has 5 nitrogen and oxygen atoms in total. The van der Waals surface area contributed by atoms with Crippen LogP contribution >= 0.6 is 0 Å². The number of hydrogen-bond acceptors (Lipinski definition) is 4. The Labute approximate surface area is 148 Å². The second kappa shape index (κ2) is 10.4. The van der Waals surface area contributed by atoms with Gasteiger partial charge in [-0.1, -0.05) is 44.2 Å². The molecule has 0 aromatic heterocycles. The van der Waals surface area contributed by atoms with Crippen molar-refractivity contribution >= 4 is 17.5 Å². The predicted molar refractivity (Wildman–Crippen MR) is 99.6 cm³/mol. The van der Waals surface area contributed by atoms with Gasteiger partial charge in [0, 0.05) is 7.05 Å². The number of amidine groups is 1. The molecule has 2 N–H and O–H groups in total. The normalized spacial score (nSPS) is 14.6. The number of carbonyl (C=O) groups excluding carboxylic acids is 1. The number of benzene rings is 1. The van der Waals surface area contributed by atoms with Gasteiger partial charge in [0.2, 0.25) is 0 Å². The maximum atomic E-state index is 13.6. The maximum absolute atomic E-state index is 13.6. The van der Waals surface area contributed by atoms with E-state index in [1.54, 1.807) is 14.0 Å². The quantitative estimate of drug-likeness (QED) is 0.445. The van der Waals surface area contributed by atoms with Gasteiger partial charge < -0.3 is 10.5 Å². The van der Waals surface area contributed by atoms with Gasteiger partial charge in [-0.25, -0.2) is 4.39 Å². The average Bonchev–Trinajstić information content (AvgIpc) is 2.58. The van der Waals surface area contributed by atoms with Gasteiger partial charge in [0.25, 0.3) is 0 Å². The van der Waals surface area contributed by atoms with Crippen molar-refractivity contribution in [3.8, 4) is 0 Å². The van der Waals surface area contributed by atoms with Gasteiger partial charge in [0.1, 0.15) is 11.9 Å². The highest BCUT2D eigenvalue weighted by atomic mass is 19.1. The Kier molecular flexibility index (Phi) is 8.53. The number of halogens is 1. The van der Waals surface area contributed by atoms with Crippen molar-refractivity contribution in [3.63, 3.8) is 0 Å². The van der Waals surface area contributed by atoms with Gasteiger partial charge in [-0.2, -0.15) is 0 Å². The van der Waals surface area contributed by atoms with Crippen LogP contribution in [-0.2, 0) is 9.53 Å². The highest BCUT2D eigenvalue weighted by Gasteiger charge is 2.24. The molecule has 1 aromatic rings. The molecule has 1 unspecified atom stereocenters. The topological polar surface area (TPSA) is 77.0 Å². The number of nitrogens with two attached hydrogens (primary N) is 1. The summed E-state index contributed by atoms with van der Waals surface area (Å²) in [6.07, 6.45) is 0.498. The summed E-state index contributed by atoms with van der Waals surface area (Å²) in [7, 11) is 1.66. The van der Waals surface area contributed by atoms with E-state index in [0.29, 0.717) is 5.71 Å². The third kappa shape index (κ3) is 7.28. The minimum absolute atomic E-state index is 0.0289. The summed E-state index contributed by atoms with van der Waals surface area (Å²) in [5, 5.41) is 0. The number of aliphatic imine (C=N–C) groups is 2. The van der Waals surface area contributed by atoms with Crippen molar-refractivity contribution in [1.82, 2.24) is 0 Å². The number of esters is 1. The molecule has 0 amide bonds. The van der Waals surface area contributed by atoms with Crippen molar-refractivity contribution in [2.45, 2.75) is 33.3 Å². The van der Waals surface area contributed by atoms with Crippen LogP contribution in [0.1, 0.15) is 32.8 Å². The molecule has 1 atom stereocenters. The summed E-state index contributed by atoms with van der Waals surface area (Å²) >= 11 is 0. The first kappa shape index (κ1) is 20.5. The highest BCUT2D eigenvalue weighted by molar-refractivity contribution is 6.04. The third-order valence-corrected chi connectivity index (χ3v) is 3.41.